The summed E-state index contributed by atoms with van der Waals surface area (Å²) in [7, 11) is 4.09. The minimum Gasteiger partial charge on any atom is -0.353 e. The summed E-state index contributed by atoms with van der Waals surface area (Å²) < 4.78 is 0. The van der Waals surface area contributed by atoms with Gasteiger partial charge < -0.3 is 14.7 Å². The van der Waals surface area contributed by atoms with Gasteiger partial charge in [0.05, 0.1) is 4.92 Å². The van der Waals surface area contributed by atoms with E-state index in [1.807, 2.05) is 20.3 Å². The second-order valence-electron chi connectivity index (χ2n) is 6.82. The van der Waals surface area contributed by atoms with Gasteiger partial charge in [0.2, 0.25) is 0 Å². The molecule has 1 aliphatic heterocycles. The van der Waals surface area contributed by atoms with Crippen molar-refractivity contribution in [1.29, 1.82) is 0 Å². The molecule has 8 heteroatoms. The Bertz CT molecular complexity index is 770. The van der Waals surface area contributed by atoms with Crippen LogP contribution in [0.3, 0.4) is 0 Å². The van der Waals surface area contributed by atoms with Crippen LogP contribution < -0.4 is 9.80 Å². The maximum Gasteiger partial charge on any atom is 0.290 e. The maximum atomic E-state index is 10.9. The third-order valence-corrected chi connectivity index (χ3v) is 4.50. The highest BCUT2D eigenvalue weighted by molar-refractivity contribution is 5.50. The van der Waals surface area contributed by atoms with Crippen molar-refractivity contribution in [3.63, 3.8) is 0 Å². The van der Waals surface area contributed by atoms with Crippen molar-refractivity contribution in [3.05, 3.63) is 51.8 Å². The maximum absolute atomic E-state index is 10.9. The summed E-state index contributed by atoms with van der Waals surface area (Å²) in [4.78, 5) is 25.9. The van der Waals surface area contributed by atoms with Gasteiger partial charge in [-0.25, -0.2) is 9.97 Å². The van der Waals surface area contributed by atoms with Crippen molar-refractivity contribution in [1.82, 2.24) is 14.9 Å². The van der Waals surface area contributed by atoms with Gasteiger partial charge in [-0.3, -0.25) is 10.1 Å². The van der Waals surface area contributed by atoms with Gasteiger partial charge in [-0.05, 0) is 38.7 Å². The Labute approximate surface area is 153 Å². The summed E-state index contributed by atoms with van der Waals surface area (Å²) in [5.74, 6) is 1.78. The zero-order valence-corrected chi connectivity index (χ0v) is 15.4. The van der Waals surface area contributed by atoms with Gasteiger partial charge in [-0.2, -0.15) is 0 Å². The van der Waals surface area contributed by atoms with Crippen LogP contribution in [0, 0.1) is 17.0 Å². The Balaban J connectivity index is 1.62. The molecule has 138 valence electrons. The summed E-state index contributed by atoms with van der Waals surface area (Å²) >= 11 is 0. The summed E-state index contributed by atoms with van der Waals surface area (Å²) in [5, 5.41) is 10.9. The Morgan fingerprint density at radius 3 is 2.19 bits per heavy atom. The third-order valence-electron chi connectivity index (χ3n) is 4.50. The number of aromatic nitrogens is 2. The molecule has 0 aromatic carbocycles. The van der Waals surface area contributed by atoms with Gasteiger partial charge in [0.1, 0.15) is 17.8 Å². The first-order valence-electron chi connectivity index (χ1n) is 8.64. The second-order valence-corrected chi connectivity index (χ2v) is 6.82. The quantitative estimate of drug-likeness (QED) is 0.599. The molecule has 0 N–H and O–H groups in total. The van der Waals surface area contributed by atoms with Crippen LogP contribution in [0.5, 0.6) is 0 Å². The molecule has 1 saturated heterocycles. The van der Waals surface area contributed by atoms with Crippen LogP contribution in [-0.2, 0) is 6.54 Å². The summed E-state index contributed by atoms with van der Waals surface area (Å²) in [5.41, 5.74) is 1.90. The first-order chi connectivity index (χ1) is 12.4. The molecule has 8 nitrogen and oxygen atoms in total. The molecule has 2 aromatic rings. The van der Waals surface area contributed by atoms with E-state index >= 15 is 0 Å². The lowest BCUT2D eigenvalue weighted by Gasteiger charge is -2.36. The fraction of sp³-hybridized carbons (Fsp3) is 0.444. The highest BCUT2D eigenvalue weighted by atomic mass is 16.6. The minimum atomic E-state index is -0.393. The molecule has 2 aromatic heterocycles. The minimum absolute atomic E-state index is 0.0643. The van der Waals surface area contributed by atoms with Gasteiger partial charge in [0.15, 0.2) is 0 Å². The summed E-state index contributed by atoms with van der Waals surface area (Å²) in [6.07, 6.45) is 3.28. The smallest absolute Gasteiger partial charge is 0.290 e. The van der Waals surface area contributed by atoms with Crippen LogP contribution in [-0.4, -0.2) is 60.1 Å². The Morgan fingerprint density at radius 2 is 1.69 bits per heavy atom. The Morgan fingerprint density at radius 1 is 1.08 bits per heavy atom. The van der Waals surface area contributed by atoms with E-state index < -0.39 is 4.92 Å². The second kappa shape index (κ2) is 7.65. The number of nitrogens with zero attached hydrogens (tertiary/aromatic N) is 6. The first-order valence-corrected chi connectivity index (χ1v) is 8.64. The van der Waals surface area contributed by atoms with E-state index in [1.54, 1.807) is 13.0 Å². The molecule has 3 heterocycles. The average molecular weight is 356 g/mol. The van der Waals surface area contributed by atoms with Crippen molar-refractivity contribution >= 4 is 17.3 Å². The van der Waals surface area contributed by atoms with E-state index in [0.29, 0.717) is 5.56 Å². The number of nitro groups is 1. The number of hydrogen-bond acceptors (Lipinski definition) is 7. The third kappa shape index (κ3) is 4.08. The van der Waals surface area contributed by atoms with E-state index in [2.05, 4.69) is 36.8 Å². The monoisotopic (exact) mass is 356 g/mol. The van der Waals surface area contributed by atoms with E-state index in [1.165, 1.54) is 11.8 Å². The number of aryl methyl sites for hydroxylation is 1. The van der Waals surface area contributed by atoms with Crippen LogP contribution in [0.15, 0.2) is 30.6 Å². The van der Waals surface area contributed by atoms with Gasteiger partial charge in [-0.15, -0.1) is 0 Å². The lowest BCUT2D eigenvalue weighted by molar-refractivity contribution is -0.385. The average Bonchev–Trinajstić information content (AvgIpc) is 2.61. The molecule has 3 rings (SSSR count). The Hall–Kier alpha value is -2.74. The molecule has 26 heavy (non-hydrogen) atoms. The number of rotatable bonds is 5. The SMILES string of the molecule is Cc1cc(N2CCN(c3ccc(CN(C)C)cn3)CC2)ncc1[N+](=O)[O-]. The van der Waals surface area contributed by atoms with Crippen LogP contribution in [0.4, 0.5) is 17.3 Å². The molecule has 0 spiro atoms. The van der Waals surface area contributed by atoms with Crippen LogP contribution in [0.1, 0.15) is 11.1 Å². The van der Waals surface area contributed by atoms with E-state index in [-0.39, 0.29) is 5.69 Å². The van der Waals surface area contributed by atoms with Crippen LogP contribution in [0.25, 0.3) is 0 Å². The molecule has 0 aliphatic carbocycles. The molecule has 0 radical (unpaired) electrons. The molecular formula is C18H24N6O2. The van der Waals surface area contributed by atoms with Gasteiger partial charge >= 0.3 is 0 Å². The molecule has 0 amide bonds. The highest BCUT2D eigenvalue weighted by Gasteiger charge is 2.21. The lowest BCUT2D eigenvalue weighted by Crippen LogP contribution is -2.47. The zero-order valence-electron chi connectivity index (χ0n) is 15.4. The van der Waals surface area contributed by atoms with Crippen LogP contribution >= 0.6 is 0 Å². The molecule has 0 bridgehead atoms. The summed E-state index contributed by atoms with van der Waals surface area (Å²) in [6.45, 7) is 5.94. The van der Waals surface area contributed by atoms with Crippen LogP contribution in [0.2, 0.25) is 0 Å². The van der Waals surface area contributed by atoms with E-state index in [9.17, 15) is 10.1 Å². The topological polar surface area (TPSA) is 78.6 Å². The molecule has 1 fully saturated rings. The van der Waals surface area contributed by atoms with Crippen molar-refractivity contribution in [2.45, 2.75) is 13.5 Å². The first kappa shape index (κ1) is 18.1. The van der Waals surface area contributed by atoms with Gasteiger partial charge in [0.25, 0.3) is 5.69 Å². The predicted molar refractivity (Wildman–Crippen MR) is 102 cm³/mol. The molecule has 0 atom stereocenters. The number of piperazine rings is 1. The van der Waals surface area contributed by atoms with Crippen molar-refractivity contribution < 1.29 is 4.92 Å². The molecule has 1 aliphatic rings. The van der Waals surface area contributed by atoms with Crippen molar-refractivity contribution in [2.75, 3.05) is 50.1 Å². The highest BCUT2D eigenvalue weighted by Crippen LogP contribution is 2.23. The largest absolute Gasteiger partial charge is 0.353 e. The van der Waals surface area contributed by atoms with E-state index in [4.69, 9.17) is 0 Å². The van der Waals surface area contributed by atoms with Crippen molar-refractivity contribution in [2.24, 2.45) is 0 Å². The fourth-order valence-corrected chi connectivity index (χ4v) is 3.13. The predicted octanol–water partition coefficient (Wildman–Crippen LogP) is 2.08. The zero-order chi connectivity index (χ0) is 18.7. The summed E-state index contributed by atoms with van der Waals surface area (Å²) in [6, 6.07) is 5.99. The van der Waals surface area contributed by atoms with Gasteiger partial charge in [-0.1, -0.05) is 6.07 Å². The number of pyridine rings is 2. The van der Waals surface area contributed by atoms with E-state index in [0.717, 1.165) is 44.4 Å². The van der Waals surface area contributed by atoms with Gasteiger partial charge in [0, 0.05) is 44.5 Å². The fourth-order valence-electron chi connectivity index (χ4n) is 3.13. The van der Waals surface area contributed by atoms with Crippen molar-refractivity contribution in [3.8, 4) is 0 Å². The standard InChI is InChI=1S/C18H24N6O2/c1-14-10-18(20-12-16(14)24(25)26)23-8-6-22(7-9-23)17-5-4-15(11-19-17)13-21(2)3/h4-5,10-12H,6-9,13H2,1-3H3. The normalized spacial score (nSPS) is 14.8. The molecule has 0 saturated carbocycles. The lowest BCUT2D eigenvalue weighted by atomic mass is 10.2. The number of hydrogen-bond donors (Lipinski definition) is 0. The number of anilines is 2. The molecular weight excluding hydrogens is 332 g/mol. The molecule has 0 unspecified atom stereocenters. The Kier molecular flexibility index (Phi) is 5.32.